The van der Waals surface area contributed by atoms with E-state index in [0.29, 0.717) is 16.7 Å². The van der Waals surface area contributed by atoms with E-state index in [4.69, 9.17) is 16.3 Å². The molecule has 1 aliphatic rings. The fraction of sp³-hybridized carbons (Fsp3) is 0.455. The van der Waals surface area contributed by atoms with E-state index < -0.39 is 0 Å². The molecule has 1 aromatic carbocycles. The van der Waals surface area contributed by atoms with Crippen molar-refractivity contribution in [2.45, 2.75) is 12.3 Å². The lowest BCUT2D eigenvalue weighted by Crippen LogP contribution is -2.09. The fourth-order valence-corrected chi connectivity index (χ4v) is 2.36. The van der Waals surface area contributed by atoms with Crippen LogP contribution < -0.4 is 10.1 Å². The van der Waals surface area contributed by atoms with Gasteiger partial charge in [0.15, 0.2) is 11.5 Å². The van der Waals surface area contributed by atoms with Crippen molar-refractivity contribution in [3.63, 3.8) is 0 Å². The zero-order valence-corrected chi connectivity index (χ0v) is 9.34. The Balaban J connectivity index is 2.46. The zero-order chi connectivity index (χ0) is 10.8. The van der Waals surface area contributed by atoms with Gasteiger partial charge in [-0.1, -0.05) is 11.6 Å². The molecule has 1 aromatic rings. The van der Waals surface area contributed by atoms with E-state index in [1.54, 1.807) is 19.2 Å². The average molecular weight is 228 g/mol. The summed E-state index contributed by atoms with van der Waals surface area (Å²) in [6.45, 7) is 1.87. The first-order chi connectivity index (χ1) is 7.24. The standard InChI is InChI=1S/C11H14ClNO2/c1-15-11-9(14)3-2-8(12)10(11)7-4-5-13-6-7/h2-3,7,13-14H,4-6H2,1H3. The van der Waals surface area contributed by atoms with Crippen molar-refractivity contribution in [1.29, 1.82) is 0 Å². The van der Waals surface area contributed by atoms with Crippen LogP contribution in [0.5, 0.6) is 11.5 Å². The summed E-state index contributed by atoms with van der Waals surface area (Å²) in [6, 6.07) is 3.28. The molecule has 2 N–H and O–H groups in total. The van der Waals surface area contributed by atoms with E-state index in [1.165, 1.54) is 0 Å². The van der Waals surface area contributed by atoms with Gasteiger partial charge in [0.25, 0.3) is 0 Å². The van der Waals surface area contributed by atoms with Crippen LogP contribution in [0.15, 0.2) is 12.1 Å². The van der Waals surface area contributed by atoms with E-state index in [2.05, 4.69) is 5.32 Å². The normalized spacial score (nSPS) is 20.5. The third-order valence-electron chi connectivity index (χ3n) is 2.79. The molecule has 1 saturated heterocycles. The number of phenols is 1. The molecule has 82 valence electrons. The van der Waals surface area contributed by atoms with Crippen LogP contribution in [-0.2, 0) is 0 Å². The van der Waals surface area contributed by atoms with Crippen LogP contribution in [-0.4, -0.2) is 25.3 Å². The predicted octanol–water partition coefficient (Wildman–Crippen LogP) is 2.13. The molecule has 1 heterocycles. The molecule has 0 amide bonds. The van der Waals surface area contributed by atoms with Crippen LogP contribution in [0.25, 0.3) is 0 Å². The lowest BCUT2D eigenvalue weighted by atomic mass is 9.97. The number of hydrogen-bond acceptors (Lipinski definition) is 3. The van der Waals surface area contributed by atoms with E-state index in [9.17, 15) is 5.11 Å². The minimum Gasteiger partial charge on any atom is -0.504 e. The minimum absolute atomic E-state index is 0.156. The Morgan fingerprint density at radius 2 is 2.33 bits per heavy atom. The van der Waals surface area contributed by atoms with Gasteiger partial charge >= 0.3 is 0 Å². The minimum atomic E-state index is 0.156. The number of nitrogens with one attached hydrogen (secondary N) is 1. The van der Waals surface area contributed by atoms with E-state index in [1.807, 2.05) is 0 Å². The Morgan fingerprint density at radius 3 is 2.93 bits per heavy atom. The Kier molecular flexibility index (Phi) is 3.03. The van der Waals surface area contributed by atoms with Crippen molar-refractivity contribution in [2.75, 3.05) is 20.2 Å². The molecular formula is C11H14ClNO2. The second kappa shape index (κ2) is 4.29. The van der Waals surface area contributed by atoms with Gasteiger partial charge in [0.05, 0.1) is 7.11 Å². The molecule has 1 aliphatic heterocycles. The number of benzene rings is 1. The average Bonchev–Trinajstić information content (AvgIpc) is 2.74. The molecule has 4 heteroatoms. The number of hydrogen-bond donors (Lipinski definition) is 2. The highest BCUT2D eigenvalue weighted by molar-refractivity contribution is 6.31. The molecule has 15 heavy (non-hydrogen) atoms. The highest BCUT2D eigenvalue weighted by Gasteiger charge is 2.24. The number of aromatic hydroxyl groups is 1. The molecule has 1 atom stereocenters. The Labute approximate surface area is 94.0 Å². The van der Waals surface area contributed by atoms with Crippen LogP contribution in [0.1, 0.15) is 17.9 Å². The van der Waals surface area contributed by atoms with Crippen molar-refractivity contribution >= 4 is 11.6 Å². The summed E-state index contributed by atoms with van der Waals surface area (Å²) in [5, 5.41) is 13.6. The highest BCUT2D eigenvalue weighted by atomic mass is 35.5. The van der Waals surface area contributed by atoms with Gasteiger partial charge in [0.2, 0.25) is 0 Å². The summed E-state index contributed by atoms with van der Waals surface area (Å²) in [5.74, 6) is 1.000. The van der Waals surface area contributed by atoms with Crippen molar-refractivity contribution in [2.24, 2.45) is 0 Å². The van der Waals surface area contributed by atoms with Gasteiger partial charge in [-0.2, -0.15) is 0 Å². The Hall–Kier alpha value is -0.930. The van der Waals surface area contributed by atoms with Crippen molar-refractivity contribution in [3.8, 4) is 11.5 Å². The fourth-order valence-electron chi connectivity index (χ4n) is 2.06. The molecule has 0 bridgehead atoms. The van der Waals surface area contributed by atoms with Crippen molar-refractivity contribution in [1.82, 2.24) is 5.32 Å². The molecule has 1 fully saturated rings. The summed E-state index contributed by atoms with van der Waals surface area (Å²) in [5.41, 5.74) is 0.921. The zero-order valence-electron chi connectivity index (χ0n) is 8.59. The first kappa shape index (κ1) is 10.6. The Morgan fingerprint density at radius 1 is 1.53 bits per heavy atom. The molecule has 0 aromatic heterocycles. The van der Waals surface area contributed by atoms with Gasteiger partial charge in [-0.15, -0.1) is 0 Å². The molecule has 0 radical (unpaired) electrons. The molecule has 3 nitrogen and oxygen atoms in total. The topological polar surface area (TPSA) is 41.5 Å². The Bertz CT molecular complexity index is 362. The number of methoxy groups -OCH3 is 1. The third-order valence-corrected chi connectivity index (χ3v) is 3.12. The van der Waals surface area contributed by atoms with Gasteiger partial charge in [0.1, 0.15) is 0 Å². The second-order valence-electron chi connectivity index (χ2n) is 3.70. The van der Waals surface area contributed by atoms with E-state index in [0.717, 1.165) is 25.1 Å². The SMILES string of the molecule is COc1c(O)ccc(Cl)c1C1CCNC1. The maximum Gasteiger partial charge on any atom is 0.165 e. The first-order valence-corrected chi connectivity index (χ1v) is 5.38. The monoisotopic (exact) mass is 227 g/mol. The number of rotatable bonds is 2. The van der Waals surface area contributed by atoms with Crippen LogP contribution in [0.4, 0.5) is 0 Å². The number of phenolic OH excluding ortho intramolecular Hbond substituents is 1. The summed E-state index contributed by atoms with van der Waals surface area (Å²) >= 11 is 6.14. The quantitative estimate of drug-likeness (QED) is 0.814. The largest absolute Gasteiger partial charge is 0.504 e. The van der Waals surface area contributed by atoms with E-state index >= 15 is 0 Å². The molecular weight excluding hydrogens is 214 g/mol. The maximum absolute atomic E-state index is 9.67. The summed E-state index contributed by atoms with van der Waals surface area (Å²) in [6.07, 6.45) is 1.03. The number of ether oxygens (including phenoxy) is 1. The van der Waals surface area contributed by atoms with Gasteiger partial charge < -0.3 is 15.2 Å². The molecule has 1 unspecified atom stereocenters. The molecule has 0 spiro atoms. The summed E-state index contributed by atoms with van der Waals surface area (Å²) < 4.78 is 5.21. The molecule has 0 aliphatic carbocycles. The van der Waals surface area contributed by atoms with Crippen LogP contribution in [0.3, 0.4) is 0 Å². The first-order valence-electron chi connectivity index (χ1n) is 5.00. The van der Waals surface area contributed by atoms with Crippen LogP contribution in [0.2, 0.25) is 5.02 Å². The van der Waals surface area contributed by atoms with Gasteiger partial charge in [-0.3, -0.25) is 0 Å². The van der Waals surface area contributed by atoms with Crippen LogP contribution >= 0.6 is 11.6 Å². The number of halogens is 1. The third kappa shape index (κ3) is 1.90. The van der Waals surface area contributed by atoms with E-state index in [-0.39, 0.29) is 5.75 Å². The summed E-state index contributed by atoms with van der Waals surface area (Å²) in [4.78, 5) is 0. The lowest BCUT2D eigenvalue weighted by molar-refractivity contribution is 0.367. The van der Waals surface area contributed by atoms with Gasteiger partial charge in [0, 0.05) is 23.0 Å². The van der Waals surface area contributed by atoms with Crippen molar-refractivity contribution in [3.05, 3.63) is 22.7 Å². The maximum atomic E-state index is 9.67. The van der Waals surface area contributed by atoms with Gasteiger partial charge in [-0.25, -0.2) is 0 Å². The van der Waals surface area contributed by atoms with Crippen molar-refractivity contribution < 1.29 is 9.84 Å². The smallest absolute Gasteiger partial charge is 0.165 e. The predicted molar refractivity (Wildman–Crippen MR) is 59.9 cm³/mol. The molecule has 2 rings (SSSR count). The highest BCUT2D eigenvalue weighted by Crippen LogP contribution is 2.41. The summed E-state index contributed by atoms with van der Waals surface area (Å²) in [7, 11) is 1.55. The van der Waals surface area contributed by atoms with Gasteiger partial charge in [-0.05, 0) is 25.1 Å². The molecule has 0 saturated carbocycles. The van der Waals surface area contributed by atoms with Crippen LogP contribution in [0, 0.1) is 0 Å². The second-order valence-corrected chi connectivity index (χ2v) is 4.11. The lowest BCUT2D eigenvalue weighted by Gasteiger charge is -2.16.